The Hall–Kier alpha value is -1.59. The van der Waals surface area contributed by atoms with Gasteiger partial charge in [-0.15, -0.1) is 0 Å². The largest absolute Gasteiger partial charge is 0.480 e. The summed E-state index contributed by atoms with van der Waals surface area (Å²) >= 11 is 0. The van der Waals surface area contributed by atoms with Gasteiger partial charge < -0.3 is 15.6 Å². The van der Waals surface area contributed by atoms with Crippen molar-refractivity contribution in [1.29, 1.82) is 0 Å². The Bertz CT molecular complexity index is 525. The lowest BCUT2D eigenvalue weighted by atomic mass is 9.95. The fourth-order valence-corrected chi connectivity index (χ4v) is 2.98. The zero-order chi connectivity index (χ0) is 16.1. The van der Waals surface area contributed by atoms with Crippen molar-refractivity contribution < 1.29 is 14.6 Å². The van der Waals surface area contributed by atoms with Crippen molar-refractivity contribution in [1.82, 2.24) is 4.90 Å². The second kappa shape index (κ2) is 7.61. The summed E-state index contributed by atoms with van der Waals surface area (Å²) in [5.41, 5.74) is 9.81. The van der Waals surface area contributed by atoms with Gasteiger partial charge in [-0.3, -0.25) is 9.69 Å². The van der Waals surface area contributed by atoms with E-state index in [9.17, 15) is 9.90 Å². The van der Waals surface area contributed by atoms with Crippen molar-refractivity contribution in [2.75, 3.05) is 32.0 Å². The fraction of sp³-hybridized carbons (Fsp3) is 0.588. The Kier molecular flexibility index (Phi) is 5.80. The summed E-state index contributed by atoms with van der Waals surface area (Å²) in [6, 6.07) is 3.27. The van der Waals surface area contributed by atoms with E-state index in [2.05, 4.69) is 6.92 Å². The van der Waals surface area contributed by atoms with Gasteiger partial charge in [0.05, 0.1) is 13.2 Å². The number of hydrogen-bond acceptors (Lipinski definition) is 4. The molecular formula is C17H26N2O3. The maximum absolute atomic E-state index is 11.8. The van der Waals surface area contributed by atoms with E-state index < -0.39 is 12.0 Å². The Morgan fingerprint density at radius 2 is 2.09 bits per heavy atom. The molecule has 0 radical (unpaired) electrons. The number of aryl methyl sites for hydroxylation is 2. The summed E-state index contributed by atoms with van der Waals surface area (Å²) in [5, 5.41) is 9.69. The summed E-state index contributed by atoms with van der Waals surface area (Å²) in [5.74, 6) is -0.812. The predicted molar refractivity (Wildman–Crippen MR) is 87.0 cm³/mol. The minimum atomic E-state index is -0.812. The summed E-state index contributed by atoms with van der Waals surface area (Å²) in [6.45, 7) is 6.55. The van der Waals surface area contributed by atoms with Crippen LogP contribution in [0.1, 0.15) is 42.5 Å². The van der Waals surface area contributed by atoms with Crippen molar-refractivity contribution >= 4 is 11.7 Å². The molecule has 1 atom stereocenters. The van der Waals surface area contributed by atoms with Crippen LogP contribution in [0.4, 0.5) is 5.69 Å². The molecule has 1 heterocycles. The number of morpholine rings is 1. The number of nitrogen functional groups attached to an aromatic ring is 1. The number of carboxylic acids is 1. The van der Waals surface area contributed by atoms with Gasteiger partial charge in [0.2, 0.25) is 0 Å². The quantitative estimate of drug-likeness (QED) is 0.789. The first-order valence-corrected chi connectivity index (χ1v) is 7.98. The smallest absolute Gasteiger partial charge is 0.325 e. The van der Waals surface area contributed by atoms with E-state index in [1.165, 1.54) is 0 Å². The van der Waals surface area contributed by atoms with Crippen LogP contribution in [0.25, 0.3) is 0 Å². The predicted octanol–water partition coefficient (Wildman–Crippen LogP) is 2.38. The number of benzene rings is 1. The highest BCUT2D eigenvalue weighted by Crippen LogP contribution is 2.29. The molecule has 1 aromatic rings. The number of aliphatic carboxylic acids is 1. The Morgan fingerprint density at radius 3 is 2.68 bits per heavy atom. The van der Waals surface area contributed by atoms with Crippen molar-refractivity contribution in [2.24, 2.45) is 0 Å². The SMILES string of the molecule is CCCCc1cc(C(C(=O)O)N2CCOCC2)cc(C)c1N. The normalized spacial score (nSPS) is 17.4. The van der Waals surface area contributed by atoms with Crippen molar-refractivity contribution in [2.45, 2.75) is 39.2 Å². The highest BCUT2D eigenvalue weighted by molar-refractivity contribution is 5.76. The molecule has 5 heteroatoms. The van der Waals surface area contributed by atoms with Crippen molar-refractivity contribution in [3.05, 3.63) is 28.8 Å². The molecular weight excluding hydrogens is 280 g/mol. The summed E-state index contributed by atoms with van der Waals surface area (Å²) in [6.07, 6.45) is 3.05. The molecule has 0 aliphatic carbocycles. The summed E-state index contributed by atoms with van der Waals surface area (Å²) < 4.78 is 5.33. The number of anilines is 1. The third kappa shape index (κ3) is 3.78. The molecule has 1 aliphatic rings. The summed E-state index contributed by atoms with van der Waals surface area (Å²) in [4.78, 5) is 13.8. The van der Waals surface area contributed by atoms with Crippen LogP contribution in [0.2, 0.25) is 0 Å². The van der Waals surface area contributed by atoms with Gasteiger partial charge in [0.1, 0.15) is 6.04 Å². The van der Waals surface area contributed by atoms with Gasteiger partial charge >= 0.3 is 5.97 Å². The van der Waals surface area contributed by atoms with Crippen molar-refractivity contribution in [3.63, 3.8) is 0 Å². The first-order chi connectivity index (χ1) is 10.5. The highest BCUT2D eigenvalue weighted by atomic mass is 16.5. The third-order valence-corrected chi connectivity index (χ3v) is 4.26. The molecule has 0 amide bonds. The number of unbranched alkanes of at least 4 members (excludes halogenated alkanes) is 1. The lowest BCUT2D eigenvalue weighted by Gasteiger charge is -2.32. The second-order valence-electron chi connectivity index (χ2n) is 5.90. The van der Waals surface area contributed by atoms with Crippen LogP contribution >= 0.6 is 0 Å². The van der Waals surface area contributed by atoms with E-state index in [-0.39, 0.29) is 0 Å². The zero-order valence-electron chi connectivity index (χ0n) is 13.5. The van der Waals surface area contributed by atoms with E-state index in [1.54, 1.807) is 0 Å². The number of hydrogen-bond donors (Lipinski definition) is 2. The molecule has 1 saturated heterocycles. The number of nitrogens with zero attached hydrogens (tertiary/aromatic N) is 1. The molecule has 122 valence electrons. The number of carboxylic acid groups (broad SMARTS) is 1. The molecule has 0 spiro atoms. The third-order valence-electron chi connectivity index (χ3n) is 4.26. The van der Waals surface area contributed by atoms with E-state index in [0.29, 0.717) is 26.3 Å². The molecule has 0 bridgehead atoms. The van der Waals surface area contributed by atoms with E-state index in [1.807, 2.05) is 24.0 Å². The molecule has 22 heavy (non-hydrogen) atoms. The molecule has 1 aliphatic heterocycles. The summed E-state index contributed by atoms with van der Waals surface area (Å²) in [7, 11) is 0. The maximum atomic E-state index is 11.8. The van der Waals surface area contributed by atoms with Crippen LogP contribution in [0.3, 0.4) is 0 Å². The molecule has 2 rings (SSSR count). The molecule has 1 fully saturated rings. The van der Waals surface area contributed by atoms with Crippen LogP contribution in [0.5, 0.6) is 0 Å². The topological polar surface area (TPSA) is 75.8 Å². The van der Waals surface area contributed by atoms with Crippen LogP contribution in [-0.2, 0) is 16.0 Å². The minimum Gasteiger partial charge on any atom is -0.480 e. The van der Waals surface area contributed by atoms with Crippen LogP contribution in [0.15, 0.2) is 12.1 Å². The average Bonchev–Trinajstić information content (AvgIpc) is 2.50. The zero-order valence-corrected chi connectivity index (χ0v) is 13.5. The maximum Gasteiger partial charge on any atom is 0.325 e. The van der Waals surface area contributed by atoms with Crippen LogP contribution in [0, 0.1) is 6.92 Å². The number of carbonyl (C=O) groups is 1. The van der Waals surface area contributed by atoms with Gasteiger partial charge in [0, 0.05) is 18.8 Å². The van der Waals surface area contributed by atoms with Crippen LogP contribution in [-0.4, -0.2) is 42.3 Å². The molecule has 1 unspecified atom stereocenters. The molecule has 0 saturated carbocycles. The average molecular weight is 306 g/mol. The lowest BCUT2D eigenvalue weighted by Crippen LogP contribution is -2.42. The molecule has 3 N–H and O–H groups in total. The van der Waals surface area contributed by atoms with Crippen LogP contribution < -0.4 is 5.73 Å². The van der Waals surface area contributed by atoms with Gasteiger partial charge in [-0.1, -0.05) is 25.5 Å². The lowest BCUT2D eigenvalue weighted by molar-refractivity contribution is -0.145. The van der Waals surface area contributed by atoms with Crippen molar-refractivity contribution in [3.8, 4) is 0 Å². The van der Waals surface area contributed by atoms with Gasteiger partial charge in [-0.2, -0.15) is 0 Å². The Morgan fingerprint density at radius 1 is 1.41 bits per heavy atom. The number of nitrogens with two attached hydrogens (primary N) is 1. The highest BCUT2D eigenvalue weighted by Gasteiger charge is 2.29. The Labute approximate surface area is 132 Å². The van der Waals surface area contributed by atoms with Gasteiger partial charge in [0.25, 0.3) is 0 Å². The standard InChI is InChI=1S/C17H26N2O3/c1-3-4-5-13-11-14(10-12(2)15(13)18)16(17(20)21)19-6-8-22-9-7-19/h10-11,16H,3-9,18H2,1-2H3,(H,20,21). The first kappa shape index (κ1) is 16.8. The number of ether oxygens (including phenoxy) is 1. The second-order valence-corrected chi connectivity index (χ2v) is 5.90. The van der Waals surface area contributed by atoms with Gasteiger partial charge in [-0.25, -0.2) is 0 Å². The first-order valence-electron chi connectivity index (χ1n) is 7.98. The van der Waals surface area contributed by atoms with E-state index >= 15 is 0 Å². The van der Waals surface area contributed by atoms with Gasteiger partial charge in [0.15, 0.2) is 0 Å². The number of rotatable bonds is 6. The van der Waals surface area contributed by atoms with E-state index in [4.69, 9.17) is 10.5 Å². The monoisotopic (exact) mass is 306 g/mol. The molecule has 5 nitrogen and oxygen atoms in total. The van der Waals surface area contributed by atoms with E-state index in [0.717, 1.165) is 41.6 Å². The molecule has 0 aromatic heterocycles. The molecule has 1 aromatic carbocycles. The minimum absolute atomic E-state index is 0.584. The Balaban J connectivity index is 2.34. The van der Waals surface area contributed by atoms with Gasteiger partial charge in [-0.05, 0) is 36.5 Å². The fourth-order valence-electron chi connectivity index (χ4n) is 2.98.